The van der Waals surface area contributed by atoms with Gasteiger partial charge in [-0.15, -0.1) is 0 Å². The molecule has 1 rings (SSSR count). The summed E-state index contributed by atoms with van der Waals surface area (Å²) in [6.07, 6.45) is 0. The zero-order chi connectivity index (χ0) is 13.7. The number of methoxy groups -OCH3 is 1. The number of rotatable bonds is 6. The molecule has 0 aliphatic heterocycles. The molecule has 0 unspecified atom stereocenters. The van der Waals surface area contributed by atoms with Gasteiger partial charge in [0.2, 0.25) is 0 Å². The summed E-state index contributed by atoms with van der Waals surface area (Å²) in [6.45, 7) is 5.87. The minimum atomic E-state index is 0.404. The van der Waals surface area contributed by atoms with Crippen LogP contribution in [0, 0.1) is 0 Å². The largest absolute Gasteiger partial charge is 0.389 e. The Kier molecular flexibility index (Phi) is 6.05. The minimum absolute atomic E-state index is 0.404. The van der Waals surface area contributed by atoms with Crippen LogP contribution in [0.3, 0.4) is 0 Å². The summed E-state index contributed by atoms with van der Waals surface area (Å²) in [5.74, 6) is 0. The van der Waals surface area contributed by atoms with E-state index in [0.29, 0.717) is 17.6 Å². The van der Waals surface area contributed by atoms with Gasteiger partial charge < -0.3 is 15.4 Å². The molecule has 0 radical (unpaired) electrons. The molecule has 2 N–H and O–H groups in total. The van der Waals surface area contributed by atoms with Crippen molar-refractivity contribution in [1.29, 1.82) is 0 Å². The lowest BCUT2D eigenvalue weighted by Crippen LogP contribution is -2.33. The highest BCUT2D eigenvalue weighted by Gasteiger charge is 2.12. The van der Waals surface area contributed by atoms with Crippen molar-refractivity contribution in [2.75, 3.05) is 25.2 Å². The van der Waals surface area contributed by atoms with E-state index in [0.717, 1.165) is 22.3 Å². The third-order valence-corrected chi connectivity index (χ3v) is 3.59. The molecule has 1 aromatic rings. The summed E-state index contributed by atoms with van der Waals surface area (Å²) in [6, 6.07) is 6.44. The van der Waals surface area contributed by atoms with Crippen LogP contribution in [0.25, 0.3) is 0 Å². The van der Waals surface area contributed by atoms with Crippen molar-refractivity contribution in [3.05, 3.63) is 28.2 Å². The maximum absolute atomic E-state index is 5.65. The van der Waals surface area contributed by atoms with Gasteiger partial charge in [-0.1, -0.05) is 12.2 Å². The Balaban J connectivity index is 2.99. The third kappa shape index (κ3) is 3.93. The average Bonchev–Trinajstić information content (AvgIpc) is 2.28. The van der Waals surface area contributed by atoms with Crippen molar-refractivity contribution >= 4 is 38.8 Å². The second kappa shape index (κ2) is 7.07. The van der Waals surface area contributed by atoms with Crippen molar-refractivity contribution in [3.8, 4) is 0 Å². The molecule has 0 aromatic heterocycles. The highest BCUT2D eigenvalue weighted by Crippen LogP contribution is 2.25. The van der Waals surface area contributed by atoms with Gasteiger partial charge in [-0.05, 0) is 48.0 Å². The van der Waals surface area contributed by atoms with Gasteiger partial charge >= 0.3 is 0 Å². The monoisotopic (exact) mass is 330 g/mol. The standard InChI is InChI=1S/C13H19BrN2OS/c1-9(2)16(6-7-17-3)10-4-5-11(13(15)18)12(14)8-10/h4-5,8-9H,6-7H2,1-3H3,(H2,15,18). The molecule has 1 aromatic carbocycles. The predicted octanol–water partition coefficient (Wildman–Crippen LogP) is 2.94. The fraction of sp³-hybridized carbons (Fsp3) is 0.462. The van der Waals surface area contributed by atoms with E-state index in [1.54, 1.807) is 7.11 Å². The lowest BCUT2D eigenvalue weighted by molar-refractivity contribution is 0.204. The first kappa shape index (κ1) is 15.4. The molecule has 0 aliphatic rings. The Morgan fingerprint density at radius 2 is 2.17 bits per heavy atom. The fourth-order valence-corrected chi connectivity index (χ4v) is 2.65. The van der Waals surface area contributed by atoms with Crippen molar-refractivity contribution in [2.45, 2.75) is 19.9 Å². The first-order valence-electron chi connectivity index (χ1n) is 5.82. The van der Waals surface area contributed by atoms with E-state index >= 15 is 0 Å². The Bertz CT molecular complexity index is 423. The van der Waals surface area contributed by atoms with Crippen LogP contribution in [0.1, 0.15) is 19.4 Å². The quantitative estimate of drug-likeness (QED) is 0.814. The normalized spacial score (nSPS) is 10.7. The Hall–Kier alpha value is -0.650. The van der Waals surface area contributed by atoms with Crippen LogP contribution in [0.15, 0.2) is 22.7 Å². The van der Waals surface area contributed by atoms with E-state index in [4.69, 9.17) is 22.7 Å². The summed E-state index contributed by atoms with van der Waals surface area (Å²) in [7, 11) is 1.71. The molecule has 0 amide bonds. The van der Waals surface area contributed by atoms with Crippen LogP contribution >= 0.6 is 28.1 Å². The highest BCUT2D eigenvalue weighted by atomic mass is 79.9. The van der Waals surface area contributed by atoms with Crippen LogP contribution in [-0.4, -0.2) is 31.3 Å². The maximum atomic E-state index is 5.65. The van der Waals surface area contributed by atoms with Crippen molar-refractivity contribution < 1.29 is 4.74 Å². The number of hydrogen-bond donors (Lipinski definition) is 1. The van der Waals surface area contributed by atoms with E-state index in [9.17, 15) is 0 Å². The topological polar surface area (TPSA) is 38.5 Å². The van der Waals surface area contributed by atoms with Gasteiger partial charge in [0.25, 0.3) is 0 Å². The fourth-order valence-electron chi connectivity index (χ4n) is 1.76. The van der Waals surface area contributed by atoms with Crippen molar-refractivity contribution in [2.24, 2.45) is 5.73 Å². The maximum Gasteiger partial charge on any atom is 0.105 e. The first-order valence-corrected chi connectivity index (χ1v) is 7.02. The third-order valence-electron chi connectivity index (χ3n) is 2.71. The minimum Gasteiger partial charge on any atom is -0.389 e. The molecule has 0 heterocycles. The van der Waals surface area contributed by atoms with Gasteiger partial charge in [-0.25, -0.2) is 0 Å². The molecular formula is C13H19BrN2OS. The van der Waals surface area contributed by atoms with Gasteiger partial charge in [0.15, 0.2) is 0 Å². The summed E-state index contributed by atoms with van der Waals surface area (Å²) in [5.41, 5.74) is 7.65. The Labute approximate surface area is 122 Å². The van der Waals surface area contributed by atoms with Gasteiger partial charge in [-0.2, -0.15) is 0 Å². The first-order chi connectivity index (χ1) is 8.47. The summed E-state index contributed by atoms with van der Waals surface area (Å²) in [5, 5.41) is 0. The molecule has 0 fully saturated rings. The summed E-state index contributed by atoms with van der Waals surface area (Å²) >= 11 is 8.50. The molecule has 0 spiro atoms. The van der Waals surface area contributed by atoms with Gasteiger partial charge in [0.1, 0.15) is 4.99 Å². The molecule has 5 heteroatoms. The molecular weight excluding hydrogens is 312 g/mol. The van der Waals surface area contributed by atoms with Crippen LogP contribution in [0.5, 0.6) is 0 Å². The number of anilines is 1. The highest BCUT2D eigenvalue weighted by molar-refractivity contribution is 9.10. The van der Waals surface area contributed by atoms with Crippen LogP contribution in [0.2, 0.25) is 0 Å². The zero-order valence-electron chi connectivity index (χ0n) is 10.9. The number of benzene rings is 1. The number of nitrogens with two attached hydrogens (primary N) is 1. The van der Waals surface area contributed by atoms with Gasteiger partial charge in [-0.3, -0.25) is 0 Å². The van der Waals surface area contributed by atoms with E-state index in [2.05, 4.69) is 34.7 Å². The zero-order valence-corrected chi connectivity index (χ0v) is 13.3. The van der Waals surface area contributed by atoms with E-state index in [1.807, 2.05) is 18.2 Å². The Morgan fingerprint density at radius 3 is 2.61 bits per heavy atom. The molecule has 0 atom stereocenters. The number of ether oxygens (including phenoxy) is 1. The average molecular weight is 331 g/mol. The number of nitrogens with zero attached hydrogens (tertiary/aromatic N) is 1. The van der Waals surface area contributed by atoms with Gasteiger partial charge in [0, 0.05) is 35.4 Å². The molecule has 0 saturated heterocycles. The second-order valence-corrected chi connectivity index (χ2v) is 5.60. The SMILES string of the molecule is COCCN(c1ccc(C(N)=S)c(Br)c1)C(C)C. The number of hydrogen-bond acceptors (Lipinski definition) is 3. The van der Waals surface area contributed by atoms with Crippen molar-refractivity contribution in [3.63, 3.8) is 0 Å². The number of thiocarbonyl (C=S) groups is 1. The smallest absolute Gasteiger partial charge is 0.105 e. The predicted molar refractivity (Wildman–Crippen MR) is 84.4 cm³/mol. The Morgan fingerprint density at radius 1 is 1.50 bits per heavy atom. The summed E-state index contributed by atoms with van der Waals surface area (Å²) < 4.78 is 6.07. The van der Waals surface area contributed by atoms with Crippen molar-refractivity contribution in [1.82, 2.24) is 0 Å². The number of halogens is 1. The van der Waals surface area contributed by atoms with E-state index < -0.39 is 0 Å². The molecule has 0 bridgehead atoms. The molecule has 0 aliphatic carbocycles. The van der Waals surface area contributed by atoms with E-state index in [-0.39, 0.29) is 0 Å². The molecule has 0 saturated carbocycles. The molecule has 100 valence electrons. The lowest BCUT2D eigenvalue weighted by Gasteiger charge is -2.29. The van der Waals surface area contributed by atoms with Crippen LogP contribution in [0.4, 0.5) is 5.69 Å². The van der Waals surface area contributed by atoms with E-state index in [1.165, 1.54) is 0 Å². The lowest BCUT2D eigenvalue weighted by atomic mass is 10.1. The van der Waals surface area contributed by atoms with Crippen LogP contribution in [-0.2, 0) is 4.74 Å². The van der Waals surface area contributed by atoms with Crippen LogP contribution < -0.4 is 10.6 Å². The second-order valence-electron chi connectivity index (χ2n) is 4.31. The molecule has 3 nitrogen and oxygen atoms in total. The summed E-state index contributed by atoms with van der Waals surface area (Å²) in [4.78, 5) is 2.68. The van der Waals surface area contributed by atoms with Gasteiger partial charge in [0.05, 0.1) is 6.61 Å². The molecule has 18 heavy (non-hydrogen) atoms.